The summed E-state index contributed by atoms with van der Waals surface area (Å²) < 4.78 is 1.18. The Labute approximate surface area is 137 Å². The van der Waals surface area contributed by atoms with E-state index >= 15 is 0 Å². The summed E-state index contributed by atoms with van der Waals surface area (Å²) in [5, 5.41) is 3.77. The monoisotopic (exact) mass is 350 g/mol. The van der Waals surface area contributed by atoms with Gasteiger partial charge in [-0.25, -0.2) is 0 Å². The molecule has 1 unspecified atom stereocenters. The van der Waals surface area contributed by atoms with Gasteiger partial charge in [0.25, 0.3) is 0 Å². The fraction of sp³-hybridized carbons (Fsp3) is 0.667. The average molecular weight is 351 g/mol. The maximum absolute atomic E-state index is 3.77. The molecule has 1 saturated carbocycles. The molecule has 1 N–H and O–H groups in total. The molecule has 1 aliphatic heterocycles. The maximum atomic E-state index is 3.77. The highest BCUT2D eigenvalue weighted by molar-refractivity contribution is 9.10. The highest BCUT2D eigenvalue weighted by Gasteiger charge is 2.30. The third-order valence-electron chi connectivity index (χ3n) is 5.00. The number of hydrogen-bond donors (Lipinski definition) is 1. The summed E-state index contributed by atoms with van der Waals surface area (Å²) in [7, 11) is 0. The first-order valence-corrected chi connectivity index (χ1v) is 9.21. The summed E-state index contributed by atoms with van der Waals surface area (Å²) in [5.74, 6) is 1.54. The Morgan fingerprint density at radius 2 is 1.86 bits per heavy atom. The van der Waals surface area contributed by atoms with Crippen molar-refractivity contribution in [3.63, 3.8) is 0 Å². The minimum absolute atomic E-state index is 0.736. The number of benzene rings is 1. The Balaban J connectivity index is 1.34. The van der Waals surface area contributed by atoms with Gasteiger partial charge in [0.1, 0.15) is 0 Å². The van der Waals surface area contributed by atoms with E-state index in [2.05, 4.69) is 57.3 Å². The molecule has 0 bridgehead atoms. The molecule has 0 amide bonds. The Hall–Kier alpha value is -0.380. The van der Waals surface area contributed by atoms with Crippen LogP contribution in [-0.4, -0.2) is 37.1 Å². The Kier molecular flexibility index (Phi) is 5.36. The van der Waals surface area contributed by atoms with E-state index in [0.29, 0.717) is 0 Å². The summed E-state index contributed by atoms with van der Waals surface area (Å²) >= 11 is 3.51. The van der Waals surface area contributed by atoms with Gasteiger partial charge in [-0.1, -0.05) is 35.0 Å². The first-order valence-electron chi connectivity index (χ1n) is 8.42. The van der Waals surface area contributed by atoms with Crippen molar-refractivity contribution < 1.29 is 0 Å². The average Bonchev–Trinajstić information content (AvgIpc) is 2.91. The zero-order chi connectivity index (χ0) is 14.7. The number of likely N-dealkylation sites (tertiary alicyclic amines) is 1. The van der Waals surface area contributed by atoms with Crippen LogP contribution in [0.1, 0.15) is 44.1 Å². The van der Waals surface area contributed by atoms with Crippen LogP contribution in [0.25, 0.3) is 0 Å². The van der Waals surface area contributed by atoms with Crippen molar-refractivity contribution in [2.45, 2.75) is 44.6 Å². The lowest BCUT2D eigenvalue weighted by Crippen LogP contribution is -2.43. The van der Waals surface area contributed by atoms with Gasteiger partial charge in [-0.2, -0.15) is 0 Å². The fourth-order valence-corrected chi connectivity index (χ4v) is 3.89. The molecule has 21 heavy (non-hydrogen) atoms. The van der Waals surface area contributed by atoms with E-state index < -0.39 is 0 Å². The largest absolute Gasteiger partial charge is 0.314 e. The molecule has 3 heteroatoms. The van der Waals surface area contributed by atoms with Gasteiger partial charge in [-0.05, 0) is 74.8 Å². The van der Waals surface area contributed by atoms with E-state index in [1.807, 2.05) is 0 Å². The van der Waals surface area contributed by atoms with Crippen molar-refractivity contribution in [1.82, 2.24) is 10.2 Å². The van der Waals surface area contributed by atoms with E-state index in [-0.39, 0.29) is 0 Å². The number of hydrogen-bond acceptors (Lipinski definition) is 2. The molecule has 1 aromatic rings. The molecule has 1 atom stereocenters. The molecule has 0 spiro atoms. The topological polar surface area (TPSA) is 15.3 Å². The fourth-order valence-electron chi connectivity index (χ4n) is 3.63. The van der Waals surface area contributed by atoms with Crippen molar-refractivity contribution in [3.05, 3.63) is 34.3 Å². The number of halogens is 1. The maximum Gasteiger partial charge on any atom is 0.0175 e. The Morgan fingerprint density at radius 3 is 2.52 bits per heavy atom. The molecule has 1 heterocycles. The van der Waals surface area contributed by atoms with Gasteiger partial charge in [-0.15, -0.1) is 0 Å². The molecule has 2 nitrogen and oxygen atoms in total. The summed E-state index contributed by atoms with van der Waals surface area (Å²) in [6, 6.07) is 9.59. The molecular formula is C18H27BrN2. The van der Waals surface area contributed by atoms with Gasteiger partial charge in [0, 0.05) is 17.1 Å². The molecule has 0 radical (unpaired) electrons. The van der Waals surface area contributed by atoms with Crippen molar-refractivity contribution in [3.8, 4) is 0 Å². The smallest absolute Gasteiger partial charge is 0.0175 e. The van der Waals surface area contributed by atoms with E-state index in [9.17, 15) is 0 Å². The third-order valence-corrected chi connectivity index (χ3v) is 5.53. The van der Waals surface area contributed by atoms with Crippen molar-refractivity contribution in [2.24, 2.45) is 5.92 Å². The minimum atomic E-state index is 0.736. The van der Waals surface area contributed by atoms with E-state index in [1.165, 1.54) is 61.9 Å². The molecule has 1 saturated heterocycles. The van der Waals surface area contributed by atoms with Gasteiger partial charge < -0.3 is 10.2 Å². The second-order valence-electron chi connectivity index (χ2n) is 6.94. The first-order chi connectivity index (χ1) is 10.2. The molecule has 116 valence electrons. The number of nitrogens with one attached hydrogen (secondary N) is 1. The number of rotatable bonds is 6. The van der Waals surface area contributed by atoms with E-state index in [0.717, 1.165) is 17.9 Å². The lowest BCUT2D eigenvalue weighted by molar-refractivity contribution is 0.245. The van der Waals surface area contributed by atoms with Gasteiger partial charge >= 0.3 is 0 Å². The van der Waals surface area contributed by atoms with Crippen LogP contribution in [0.2, 0.25) is 0 Å². The highest BCUT2D eigenvalue weighted by atomic mass is 79.9. The van der Waals surface area contributed by atoms with Crippen LogP contribution in [0, 0.1) is 5.92 Å². The van der Waals surface area contributed by atoms with Crippen LogP contribution >= 0.6 is 15.9 Å². The zero-order valence-electron chi connectivity index (χ0n) is 13.0. The second kappa shape index (κ2) is 7.26. The third kappa shape index (κ3) is 4.30. The van der Waals surface area contributed by atoms with Crippen LogP contribution in [-0.2, 0) is 0 Å². The van der Waals surface area contributed by atoms with Crippen LogP contribution in [0.5, 0.6) is 0 Å². The van der Waals surface area contributed by atoms with Crippen LogP contribution in [0.4, 0.5) is 0 Å². The summed E-state index contributed by atoms with van der Waals surface area (Å²) in [6.45, 7) is 7.47. The van der Waals surface area contributed by atoms with E-state index in [4.69, 9.17) is 0 Å². The predicted octanol–water partition coefficient (Wildman–Crippen LogP) is 4.02. The Bertz CT molecular complexity index is 433. The van der Waals surface area contributed by atoms with Gasteiger partial charge in [0.2, 0.25) is 0 Å². The summed E-state index contributed by atoms with van der Waals surface area (Å²) in [4.78, 5) is 2.62. The summed E-state index contributed by atoms with van der Waals surface area (Å²) in [6.07, 6.45) is 5.41. The lowest BCUT2D eigenvalue weighted by atomic mass is 9.76. The van der Waals surface area contributed by atoms with Crippen molar-refractivity contribution in [1.29, 1.82) is 0 Å². The highest BCUT2D eigenvalue weighted by Crippen LogP contribution is 2.37. The zero-order valence-corrected chi connectivity index (χ0v) is 14.6. The Morgan fingerprint density at radius 1 is 1.19 bits per heavy atom. The molecule has 3 rings (SSSR count). The SMILES string of the molecule is CC(CNC1CC(c2ccc(Br)cc2)C1)CN1CCCC1. The molecular weight excluding hydrogens is 324 g/mol. The molecule has 0 aromatic heterocycles. The van der Waals surface area contributed by atoms with Crippen LogP contribution in [0.15, 0.2) is 28.7 Å². The molecule has 2 fully saturated rings. The second-order valence-corrected chi connectivity index (χ2v) is 7.85. The summed E-state index contributed by atoms with van der Waals surface area (Å²) in [5.41, 5.74) is 1.50. The standard InChI is InChI=1S/C18H27BrN2/c1-14(13-21-8-2-3-9-21)12-20-18-10-16(11-18)15-4-6-17(19)7-5-15/h4-7,14,16,18,20H,2-3,8-13H2,1H3. The van der Waals surface area contributed by atoms with E-state index in [1.54, 1.807) is 0 Å². The van der Waals surface area contributed by atoms with Crippen molar-refractivity contribution in [2.75, 3.05) is 26.2 Å². The first kappa shape index (κ1) is 15.5. The minimum Gasteiger partial charge on any atom is -0.314 e. The quantitative estimate of drug-likeness (QED) is 0.833. The van der Waals surface area contributed by atoms with Gasteiger partial charge in [0.15, 0.2) is 0 Å². The van der Waals surface area contributed by atoms with Crippen LogP contribution < -0.4 is 5.32 Å². The normalized spacial score (nSPS) is 27.5. The number of nitrogens with zero attached hydrogens (tertiary/aromatic N) is 1. The lowest BCUT2D eigenvalue weighted by Gasteiger charge is -2.37. The molecule has 1 aliphatic carbocycles. The van der Waals surface area contributed by atoms with Gasteiger partial charge in [-0.3, -0.25) is 0 Å². The van der Waals surface area contributed by atoms with Gasteiger partial charge in [0.05, 0.1) is 0 Å². The molecule has 2 aliphatic rings. The predicted molar refractivity (Wildman–Crippen MR) is 92.7 cm³/mol. The van der Waals surface area contributed by atoms with Crippen LogP contribution in [0.3, 0.4) is 0 Å². The van der Waals surface area contributed by atoms with Crippen molar-refractivity contribution >= 4 is 15.9 Å². The molecule has 1 aromatic carbocycles.